The molecular weight excluding hydrogens is 152 g/mol. The highest BCUT2D eigenvalue weighted by Crippen LogP contribution is 2.20. The highest BCUT2D eigenvalue weighted by atomic mass is 16.3. The van der Waals surface area contributed by atoms with Crippen LogP contribution in [0.25, 0.3) is 11.0 Å². The monoisotopic (exact) mass is 162 g/mol. The predicted octanol–water partition coefficient (Wildman–Crippen LogP) is 1.59. The fraction of sp³-hybridized carbons (Fsp3) is 0.222. The number of imidazole rings is 1. The molecule has 0 saturated heterocycles. The molecule has 2 rings (SSSR count). The van der Waals surface area contributed by atoms with Gasteiger partial charge in [-0.3, -0.25) is 4.57 Å². The van der Waals surface area contributed by atoms with Crippen LogP contribution < -0.4 is 0 Å². The van der Waals surface area contributed by atoms with Gasteiger partial charge in [-0.1, -0.05) is 12.1 Å². The van der Waals surface area contributed by atoms with Gasteiger partial charge in [-0.05, 0) is 18.6 Å². The van der Waals surface area contributed by atoms with Crippen LogP contribution in [0.1, 0.15) is 5.56 Å². The van der Waals surface area contributed by atoms with Crippen molar-refractivity contribution in [3.8, 4) is 6.01 Å². The summed E-state index contributed by atoms with van der Waals surface area (Å²) in [4.78, 5) is 4.03. The summed E-state index contributed by atoms with van der Waals surface area (Å²) in [5, 5.41) is 9.32. The molecule has 0 amide bonds. The van der Waals surface area contributed by atoms with Crippen molar-refractivity contribution < 1.29 is 5.11 Å². The number of para-hydroxylation sites is 1. The zero-order chi connectivity index (χ0) is 8.72. The molecule has 0 bridgehead atoms. The number of benzene rings is 1. The Morgan fingerprint density at radius 3 is 2.83 bits per heavy atom. The van der Waals surface area contributed by atoms with Crippen LogP contribution in [0.4, 0.5) is 0 Å². The molecule has 0 radical (unpaired) electrons. The van der Waals surface area contributed by atoms with Crippen molar-refractivity contribution >= 4 is 11.0 Å². The topological polar surface area (TPSA) is 38.1 Å². The third-order valence-corrected chi connectivity index (χ3v) is 2.09. The molecule has 1 N–H and O–H groups in total. The molecule has 1 heterocycles. The van der Waals surface area contributed by atoms with Crippen LogP contribution in [0.15, 0.2) is 18.2 Å². The van der Waals surface area contributed by atoms with Gasteiger partial charge in [0.05, 0.1) is 11.0 Å². The summed E-state index contributed by atoms with van der Waals surface area (Å²) >= 11 is 0. The van der Waals surface area contributed by atoms with E-state index in [-0.39, 0.29) is 6.01 Å². The number of rotatable bonds is 0. The third kappa shape index (κ3) is 0.794. The van der Waals surface area contributed by atoms with Crippen LogP contribution in [-0.2, 0) is 7.05 Å². The van der Waals surface area contributed by atoms with Gasteiger partial charge < -0.3 is 5.11 Å². The Labute approximate surface area is 70.3 Å². The van der Waals surface area contributed by atoms with E-state index in [9.17, 15) is 5.11 Å². The van der Waals surface area contributed by atoms with Crippen molar-refractivity contribution in [3.05, 3.63) is 23.8 Å². The smallest absolute Gasteiger partial charge is 0.294 e. The van der Waals surface area contributed by atoms with E-state index >= 15 is 0 Å². The highest BCUT2D eigenvalue weighted by molar-refractivity contribution is 5.79. The summed E-state index contributed by atoms with van der Waals surface area (Å²) in [6, 6.07) is 5.95. The Balaban J connectivity index is 2.95. The number of hydrogen-bond acceptors (Lipinski definition) is 2. The van der Waals surface area contributed by atoms with Gasteiger partial charge in [-0.2, -0.15) is 4.98 Å². The minimum Gasteiger partial charge on any atom is -0.480 e. The maximum absolute atomic E-state index is 9.32. The number of aromatic nitrogens is 2. The number of hydrogen-bond donors (Lipinski definition) is 1. The maximum atomic E-state index is 9.32. The largest absolute Gasteiger partial charge is 0.480 e. The average molecular weight is 162 g/mol. The Morgan fingerprint density at radius 1 is 1.42 bits per heavy atom. The lowest BCUT2D eigenvalue weighted by Crippen LogP contribution is -1.85. The van der Waals surface area contributed by atoms with E-state index in [1.165, 1.54) is 0 Å². The highest BCUT2D eigenvalue weighted by Gasteiger charge is 2.06. The number of aromatic hydroxyl groups is 1. The molecule has 2 aromatic rings. The number of nitrogens with zero attached hydrogens (tertiary/aromatic N) is 2. The first-order chi connectivity index (χ1) is 5.70. The molecule has 62 valence electrons. The zero-order valence-electron chi connectivity index (χ0n) is 7.07. The Hall–Kier alpha value is -1.51. The first kappa shape index (κ1) is 7.16. The van der Waals surface area contributed by atoms with E-state index in [1.807, 2.05) is 25.1 Å². The molecule has 0 saturated carbocycles. The van der Waals surface area contributed by atoms with E-state index < -0.39 is 0 Å². The summed E-state index contributed by atoms with van der Waals surface area (Å²) in [7, 11) is 1.80. The number of fused-ring (bicyclic) bond motifs is 1. The Morgan fingerprint density at radius 2 is 2.17 bits per heavy atom. The molecular formula is C9H10N2O. The lowest BCUT2D eigenvalue weighted by Gasteiger charge is -1.95. The van der Waals surface area contributed by atoms with E-state index in [4.69, 9.17) is 0 Å². The normalized spacial score (nSPS) is 10.8. The van der Waals surface area contributed by atoms with Crippen molar-refractivity contribution in [2.24, 2.45) is 7.05 Å². The first-order valence-corrected chi connectivity index (χ1v) is 3.81. The number of aryl methyl sites for hydroxylation is 2. The standard InChI is InChI=1S/C9H10N2O/c1-6-4-3-5-7-8(6)10-9(12)11(7)2/h3-5H,1-2H3,(H,10,12). The lowest BCUT2D eigenvalue weighted by atomic mass is 10.2. The molecule has 1 aromatic heterocycles. The van der Waals surface area contributed by atoms with Crippen molar-refractivity contribution in [2.45, 2.75) is 6.92 Å². The van der Waals surface area contributed by atoms with Crippen molar-refractivity contribution in [1.29, 1.82) is 0 Å². The van der Waals surface area contributed by atoms with Crippen LogP contribution in [0.5, 0.6) is 6.01 Å². The van der Waals surface area contributed by atoms with Crippen molar-refractivity contribution in [2.75, 3.05) is 0 Å². The van der Waals surface area contributed by atoms with Crippen molar-refractivity contribution in [3.63, 3.8) is 0 Å². The van der Waals surface area contributed by atoms with Crippen LogP contribution in [0.3, 0.4) is 0 Å². The summed E-state index contributed by atoms with van der Waals surface area (Å²) in [5.74, 6) is 0. The van der Waals surface area contributed by atoms with Crippen LogP contribution in [0, 0.1) is 6.92 Å². The van der Waals surface area contributed by atoms with E-state index in [0.717, 1.165) is 16.6 Å². The summed E-state index contributed by atoms with van der Waals surface area (Å²) in [5.41, 5.74) is 2.92. The fourth-order valence-electron chi connectivity index (χ4n) is 1.34. The average Bonchev–Trinajstić information content (AvgIpc) is 2.32. The van der Waals surface area contributed by atoms with Gasteiger partial charge in [0.1, 0.15) is 0 Å². The minimum absolute atomic E-state index is 0.0688. The van der Waals surface area contributed by atoms with Gasteiger partial charge in [0.2, 0.25) is 0 Å². The van der Waals surface area contributed by atoms with Crippen LogP contribution in [0.2, 0.25) is 0 Å². The molecule has 0 aliphatic rings. The van der Waals surface area contributed by atoms with E-state index in [2.05, 4.69) is 4.98 Å². The van der Waals surface area contributed by atoms with Crippen LogP contribution >= 0.6 is 0 Å². The molecule has 12 heavy (non-hydrogen) atoms. The van der Waals surface area contributed by atoms with Gasteiger partial charge in [0, 0.05) is 7.05 Å². The van der Waals surface area contributed by atoms with Gasteiger partial charge >= 0.3 is 0 Å². The van der Waals surface area contributed by atoms with Crippen LogP contribution in [-0.4, -0.2) is 14.7 Å². The van der Waals surface area contributed by atoms with E-state index in [1.54, 1.807) is 11.6 Å². The second-order valence-corrected chi connectivity index (χ2v) is 2.91. The van der Waals surface area contributed by atoms with Gasteiger partial charge in [0.25, 0.3) is 6.01 Å². The predicted molar refractivity (Wildman–Crippen MR) is 47.1 cm³/mol. The molecule has 0 fully saturated rings. The molecule has 1 aromatic carbocycles. The van der Waals surface area contributed by atoms with Gasteiger partial charge in [-0.25, -0.2) is 0 Å². The summed E-state index contributed by atoms with van der Waals surface area (Å²) in [6.45, 7) is 1.98. The summed E-state index contributed by atoms with van der Waals surface area (Å²) in [6.07, 6.45) is 0. The maximum Gasteiger partial charge on any atom is 0.294 e. The first-order valence-electron chi connectivity index (χ1n) is 3.81. The van der Waals surface area contributed by atoms with Gasteiger partial charge in [0.15, 0.2) is 0 Å². The third-order valence-electron chi connectivity index (χ3n) is 2.09. The zero-order valence-corrected chi connectivity index (χ0v) is 7.07. The molecule has 0 unspecified atom stereocenters. The van der Waals surface area contributed by atoms with Crippen molar-refractivity contribution in [1.82, 2.24) is 9.55 Å². The SMILES string of the molecule is Cc1cccc2c1nc(O)n2C. The fourth-order valence-corrected chi connectivity index (χ4v) is 1.34. The molecule has 0 atom stereocenters. The minimum atomic E-state index is 0.0688. The van der Waals surface area contributed by atoms with E-state index in [0.29, 0.717) is 0 Å². The Bertz CT molecular complexity index is 431. The molecule has 3 heteroatoms. The molecule has 0 aliphatic carbocycles. The molecule has 0 aliphatic heterocycles. The second kappa shape index (κ2) is 2.24. The molecule has 0 spiro atoms. The lowest BCUT2D eigenvalue weighted by molar-refractivity contribution is 0.415. The quantitative estimate of drug-likeness (QED) is 0.638. The van der Waals surface area contributed by atoms with Gasteiger partial charge in [-0.15, -0.1) is 0 Å². The second-order valence-electron chi connectivity index (χ2n) is 2.91. The Kier molecular flexibility index (Phi) is 1.33. The molecule has 3 nitrogen and oxygen atoms in total. The summed E-state index contributed by atoms with van der Waals surface area (Å²) < 4.78 is 1.67.